The number of aryl methyl sites for hydroxylation is 1. The molecule has 1 heterocycles. The number of carbonyl (C=O) groups excluding carboxylic acids is 2. The van der Waals surface area contributed by atoms with Gasteiger partial charge in [-0.3, -0.25) is 14.5 Å². The first-order valence-corrected chi connectivity index (χ1v) is 10.3. The SMILES string of the molecule is Cc1cccc(NC(=O)C(C)N2C(=O)/C(=C/c3cccc(Br)c3)SC2=S)c1. The Morgan fingerprint density at radius 2 is 2.00 bits per heavy atom. The van der Waals surface area contributed by atoms with Gasteiger partial charge in [0.1, 0.15) is 10.4 Å². The Bertz CT molecular complexity index is 959. The number of rotatable bonds is 4. The molecule has 1 saturated heterocycles. The number of carbonyl (C=O) groups is 2. The molecule has 0 bridgehead atoms. The van der Waals surface area contributed by atoms with Gasteiger partial charge in [0.2, 0.25) is 5.91 Å². The van der Waals surface area contributed by atoms with Crippen molar-refractivity contribution >= 4 is 67.8 Å². The largest absolute Gasteiger partial charge is 0.324 e. The van der Waals surface area contributed by atoms with Crippen LogP contribution < -0.4 is 5.32 Å². The van der Waals surface area contributed by atoms with Gasteiger partial charge < -0.3 is 5.32 Å². The van der Waals surface area contributed by atoms with Gasteiger partial charge in [0.25, 0.3) is 5.91 Å². The number of hydrogen-bond acceptors (Lipinski definition) is 4. The third-order valence-corrected chi connectivity index (χ3v) is 5.85. The Balaban J connectivity index is 1.77. The highest BCUT2D eigenvalue weighted by Gasteiger charge is 2.38. The third kappa shape index (κ3) is 4.66. The van der Waals surface area contributed by atoms with E-state index in [1.807, 2.05) is 55.5 Å². The molecule has 2 amide bonds. The van der Waals surface area contributed by atoms with Crippen LogP contribution in [0.15, 0.2) is 57.9 Å². The molecule has 0 aliphatic carbocycles. The van der Waals surface area contributed by atoms with Crippen LogP contribution in [0.25, 0.3) is 6.08 Å². The number of amides is 2. The lowest BCUT2D eigenvalue weighted by molar-refractivity contribution is -0.129. The Morgan fingerprint density at radius 3 is 2.70 bits per heavy atom. The number of anilines is 1. The van der Waals surface area contributed by atoms with Crippen molar-refractivity contribution < 1.29 is 9.59 Å². The van der Waals surface area contributed by atoms with E-state index >= 15 is 0 Å². The zero-order valence-corrected chi connectivity index (χ0v) is 18.0. The van der Waals surface area contributed by atoms with Crippen LogP contribution in [0.5, 0.6) is 0 Å². The Morgan fingerprint density at radius 1 is 1.26 bits per heavy atom. The Hall–Kier alpha value is -1.96. The number of nitrogens with one attached hydrogen (secondary N) is 1. The summed E-state index contributed by atoms with van der Waals surface area (Å²) < 4.78 is 1.31. The normalized spacial score (nSPS) is 16.7. The fourth-order valence-corrected chi connectivity index (χ4v) is 4.48. The fourth-order valence-electron chi connectivity index (χ4n) is 2.65. The lowest BCUT2D eigenvalue weighted by Crippen LogP contribution is -2.44. The standard InChI is InChI=1S/C20H17BrN2O2S2/c1-12-5-3-8-16(9-12)22-18(24)13(2)23-19(25)17(27-20(23)26)11-14-6-4-7-15(21)10-14/h3-11,13H,1-2H3,(H,22,24)/b17-11-. The van der Waals surface area contributed by atoms with Gasteiger partial charge in [-0.25, -0.2) is 0 Å². The van der Waals surface area contributed by atoms with Crippen molar-refractivity contribution in [1.29, 1.82) is 0 Å². The summed E-state index contributed by atoms with van der Waals surface area (Å²) in [6.45, 7) is 3.63. The molecule has 1 N–H and O–H groups in total. The summed E-state index contributed by atoms with van der Waals surface area (Å²) in [5.41, 5.74) is 2.63. The second-order valence-electron chi connectivity index (χ2n) is 6.14. The van der Waals surface area contributed by atoms with Crippen molar-refractivity contribution in [3.8, 4) is 0 Å². The van der Waals surface area contributed by atoms with Gasteiger partial charge in [-0.2, -0.15) is 0 Å². The van der Waals surface area contributed by atoms with E-state index in [9.17, 15) is 9.59 Å². The molecule has 1 fully saturated rings. The second-order valence-corrected chi connectivity index (χ2v) is 8.73. The van der Waals surface area contributed by atoms with Crippen LogP contribution in [0.4, 0.5) is 5.69 Å². The predicted molar refractivity (Wildman–Crippen MR) is 118 cm³/mol. The van der Waals surface area contributed by atoms with E-state index in [-0.39, 0.29) is 11.8 Å². The van der Waals surface area contributed by atoms with E-state index in [1.165, 1.54) is 16.7 Å². The van der Waals surface area contributed by atoms with Crippen LogP contribution in [0.2, 0.25) is 0 Å². The highest BCUT2D eigenvalue weighted by atomic mass is 79.9. The summed E-state index contributed by atoms with van der Waals surface area (Å²) in [4.78, 5) is 27.3. The summed E-state index contributed by atoms with van der Waals surface area (Å²) in [6, 6.07) is 14.5. The topological polar surface area (TPSA) is 49.4 Å². The Kier molecular flexibility index (Phi) is 6.14. The maximum Gasteiger partial charge on any atom is 0.266 e. The molecule has 0 spiro atoms. The first kappa shape index (κ1) is 19.8. The van der Waals surface area contributed by atoms with Gasteiger partial charge in [-0.1, -0.05) is 64.2 Å². The lowest BCUT2D eigenvalue weighted by atomic mass is 10.2. The van der Waals surface area contributed by atoms with Crippen molar-refractivity contribution in [2.45, 2.75) is 19.9 Å². The molecule has 0 radical (unpaired) electrons. The van der Waals surface area contributed by atoms with Crippen LogP contribution in [-0.4, -0.2) is 27.1 Å². The van der Waals surface area contributed by atoms with Gasteiger partial charge in [0.05, 0.1) is 4.91 Å². The minimum absolute atomic E-state index is 0.253. The van der Waals surface area contributed by atoms with E-state index in [0.717, 1.165) is 15.6 Å². The van der Waals surface area contributed by atoms with Crippen molar-refractivity contribution in [3.05, 3.63) is 69.0 Å². The monoisotopic (exact) mass is 460 g/mol. The van der Waals surface area contributed by atoms with Gasteiger partial charge in [0, 0.05) is 10.2 Å². The summed E-state index contributed by atoms with van der Waals surface area (Å²) in [7, 11) is 0. The predicted octanol–water partition coefficient (Wildman–Crippen LogP) is 4.99. The molecule has 1 aliphatic rings. The van der Waals surface area contributed by atoms with E-state index in [0.29, 0.717) is 14.9 Å². The highest BCUT2D eigenvalue weighted by molar-refractivity contribution is 9.10. The molecule has 1 unspecified atom stereocenters. The summed E-state index contributed by atoms with van der Waals surface area (Å²) >= 11 is 9.99. The zero-order chi connectivity index (χ0) is 19.6. The van der Waals surface area contributed by atoms with Crippen molar-refractivity contribution in [2.75, 3.05) is 5.32 Å². The molecule has 2 aromatic carbocycles. The molecular weight excluding hydrogens is 444 g/mol. The van der Waals surface area contributed by atoms with E-state index in [1.54, 1.807) is 13.0 Å². The molecule has 1 atom stereocenters. The van der Waals surface area contributed by atoms with Crippen LogP contribution in [0.1, 0.15) is 18.1 Å². The van der Waals surface area contributed by atoms with Crippen LogP contribution in [-0.2, 0) is 9.59 Å². The molecule has 4 nitrogen and oxygen atoms in total. The molecule has 0 saturated carbocycles. The molecule has 27 heavy (non-hydrogen) atoms. The van der Waals surface area contributed by atoms with Gasteiger partial charge in [-0.15, -0.1) is 0 Å². The maximum absolute atomic E-state index is 12.8. The number of benzene rings is 2. The minimum Gasteiger partial charge on any atom is -0.324 e. The van der Waals surface area contributed by atoms with E-state index < -0.39 is 6.04 Å². The smallest absolute Gasteiger partial charge is 0.266 e. The number of halogens is 1. The molecule has 1 aliphatic heterocycles. The molecule has 138 valence electrons. The second kappa shape index (κ2) is 8.37. The van der Waals surface area contributed by atoms with Gasteiger partial charge in [-0.05, 0) is 55.3 Å². The van der Waals surface area contributed by atoms with Crippen molar-refractivity contribution in [1.82, 2.24) is 4.90 Å². The molecular formula is C20H17BrN2O2S2. The van der Waals surface area contributed by atoms with Crippen LogP contribution >= 0.6 is 39.9 Å². The number of thiocarbonyl (C=S) groups is 1. The minimum atomic E-state index is -0.702. The maximum atomic E-state index is 12.8. The van der Waals surface area contributed by atoms with Gasteiger partial charge >= 0.3 is 0 Å². The summed E-state index contributed by atoms with van der Waals surface area (Å²) in [6.07, 6.45) is 1.79. The molecule has 0 aromatic heterocycles. The van der Waals surface area contributed by atoms with E-state index in [2.05, 4.69) is 21.2 Å². The highest BCUT2D eigenvalue weighted by Crippen LogP contribution is 2.34. The number of nitrogens with zero attached hydrogens (tertiary/aromatic N) is 1. The van der Waals surface area contributed by atoms with Crippen LogP contribution in [0.3, 0.4) is 0 Å². The average molecular weight is 461 g/mol. The van der Waals surface area contributed by atoms with Crippen molar-refractivity contribution in [2.24, 2.45) is 0 Å². The first-order valence-electron chi connectivity index (χ1n) is 8.25. The fraction of sp³-hybridized carbons (Fsp3) is 0.150. The zero-order valence-electron chi connectivity index (χ0n) is 14.7. The summed E-state index contributed by atoms with van der Waals surface area (Å²) in [5, 5.41) is 2.85. The Labute approximate surface area is 176 Å². The number of hydrogen-bond donors (Lipinski definition) is 1. The van der Waals surface area contributed by atoms with Crippen molar-refractivity contribution in [3.63, 3.8) is 0 Å². The first-order chi connectivity index (χ1) is 12.8. The lowest BCUT2D eigenvalue weighted by Gasteiger charge is -2.22. The molecule has 2 aromatic rings. The van der Waals surface area contributed by atoms with Gasteiger partial charge in [0.15, 0.2) is 0 Å². The number of thioether (sulfide) groups is 1. The molecule has 7 heteroatoms. The molecule has 3 rings (SSSR count). The van der Waals surface area contributed by atoms with E-state index in [4.69, 9.17) is 12.2 Å². The van der Waals surface area contributed by atoms with Crippen LogP contribution in [0, 0.1) is 6.92 Å². The summed E-state index contributed by atoms with van der Waals surface area (Å²) in [5.74, 6) is -0.530. The quantitative estimate of drug-likeness (QED) is 0.515. The average Bonchev–Trinajstić information content (AvgIpc) is 2.88. The third-order valence-electron chi connectivity index (χ3n) is 4.02.